The molecule has 2 N–H and O–H groups in total. The van der Waals surface area contributed by atoms with Crippen molar-refractivity contribution in [1.82, 2.24) is 14.5 Å². The highest BCUT2D eigenvalue weighted by atomic mass is 16.4. The van der Waals surface area contributed by atoms with Crippen LogP contribution in [-0.2, 0) is 13.0 Å². The molecule has 0 aliphatic rings. The third-order valence-corrected chi connectivity index (χ3v) is 4.05. The Kier molecular flexibility index (Phi) is 4.46. The fraction of sp³-hybridized carbons (Fsp3) is 0.278. The van der Waals surface area contributed by atoms with Crippen LogP contribution >= 0.6 is 0 Å². The fourth-order valence-electron chi connectivity index (χ4n) is 2.75. The Hall–Kier alpha value is -2.89. The molecule has 124 valence electrons. The largest absolute Gasteiger partial charge is 0.478 e. The van der Waals surface area contributed by atoms with E-state index in [1.165, 1.54) is 0 Å². The highest BCUT2D eigenvalue weighted by Gasteiger charge is 2.13. The number of fused-ring (bicyclic) bond motifs is 1. The first kappa shape index (κ1) is 16.0. The Labute approximate surface area is 138 Å². The molecule has 2 heterocycles. The van der Waals surface area contributed by atoms with E-state index in [4.69, 9.17) is 5.11 Å². The molecular formula is C18H19N3O3. The van der Waals surface area contributed by atoms with E-state index in [9.17, 15) is 9.59 Å². The molecule has 0 aliphatic heterocycles. The summed E-state index contributed by atoms with van der Waals surface area (Å²) < 4.78 is 2.04. The van der Waals surface area contributed by atoms with Crippen LogP contribution in [0.1, 0.15) is 41.5 Å². The fourth-order valence-corrected chi connectivity index (χ4v) is 2.75. The number of hydrogen-bond donors (Lipinski definition) is 2. The SMILES string of the molecule is CCCCc1nc2c(=O)[nH]ccc2n1Cc1ccc(C(=O)O)cc1. The van der Waals surface area contributed by atoms with Crippen molar-refractivity contribution in [3.8, 4) is 0 Å². The lowest BCUT2D eigenvalue weighted by molar-refractivity contribution is 0.0697. The van der Waals surface area contributed by atoms with E-state index in [0.29, 0.717) is 12.1 Å². The molecule has 1 aromatic carbocycles. The quantitative estimate of drug-likeness (QED) is 0.729. The van der Waals surface area contributed by atoms with Crippen LogP contribution in [0.2, 0.25) is 0 Å². The van der Waals surface area contributed by atoms with E-state index < -0.39 is 5.97 Å². The van der Waals surface area contributed by atoms with Crippen LogP contribution in [0, 0.1) is 0 Å². The van der Waals surface area contributed by atoms with Crippen molar-refractivity contribution in [3.63, 3.8) is 0 Å². The second kappa shape index (κ2) is 6.70. The molecule has 3 aromatic rings. The molecule has 3 rings (SSSR count). The van der Waals surface area contributed by atoms with E-state index in [2.05, 4.69) is 16.9 Å². The number of hydrogen-bond acceptors (Lipinski definition) is 3. The zero-order valence-corrected chi connectivity index (χ0v) is 13.5. The van der Waals surface area contributed by atoms with Crippen molar-refractivity contribution in [2.24, 2.45) is 0 Å². The van der Waals surface area contributed by atoms with Crippen molar-refractivity contribution in [3.05, 3.63) is 63.8 Å². The number of carboxylic acid groups (broad SMARTS) is 1. The van der Waals surface area contributed by atoms with Gasteiger partial charge in [0.2, 0.25) is 0 Å². The average molecular weight is 325 g/mol. The number of pyridine rings is 1. The topological polar surface area (TPSA) is 88.0 Å². The van der Waals surface area contributed by atoms with Crippen molar-refractivity contribution in [1.29, 1.82) is 0 Å². The summed E-state index contributed by atoms with van der Waals surface area (Å²) in [7, 11) is 0. The van der Waals surface area contributed by atoms with Crippen LogP contribution in [0.15, 0.2) is 41.3 Å². The first-order valence-corrected chi connectivity index (χ1v) is 7.99. The van der Waals surface area contributed by atoms with Crippen molar-refractivity contribution >= 4 is 17.0 Å². The van der Waals surface area contributed by atoms with Crippen molar-refractivity contribution < 1.29 is 9.90 Å². The zero-order chi connectivity index (χ0) is 17.1. The number of imidazole rings is 1. The maximum atomic E-state index is 12.0. The molecule has 6 heteroatoms. The van der Waals surface area contributed by atoms with Crippen molar-refractivity contribution in [2.75, 3.05) is 0 Å². The van der Waals surface area contributed by atoms with Crippen LogP contribution in [0.25, 0.3) is 11.0 Å². The monoisotopic (exact) mass is 325 g/mol. The van der Waals surface area contributed by atoms with Gasteiger partial charge in [-0.15, -0.1) is 0 Å². The number of aromatic carboxylic acids is 1. The molecule has 6 nitrogen and oxygen atoms in total. The first-order valence-electron chi connectivity index (χ1n) is 7.99. The highest BCUT2D eigenvalue weighted by molar-refractivity contribution is 5.87. The minimum atomic E-state index is -0.940. The van der Waals surface area contributed by atoms with E-state index in [-0.39, 0.29) is 11.1 Å². The smallest absolute Gasteiger partial charge is 0.335 e. The molecule has 0 saturated heterocycles. The number of aryl methyl sites for hydroxylation is 1. The second-order valence-electron chi connectivity index (χ2n) is 5.76. The standard InChI is InChI=1S/C18H19N3O3/c1-2-3-4-15-20-16-14(9-10-19-17(16)22)21(15)11-12-5-7-13(8-6-12)18(23)24/h5-10H,2-4,11H2,1H3,(H,19,22)(H,23,24). The number of rotatable bonds is 6. The lowest BCUT2D eigenvalue weighted by Gasteiger charge is -2.09. The number of H-pyrrole nitrogens is 1. The molecule has 0 amide bonds. The third-order valence-electron chi connectivity index (χ3n) is 4.05. The lowest BCUT2D eigenvalue weighted by Crippen LogP contribution is -2.07. The predicted molar refractivity (Wildman–Crippen MR) is 91.5 cm³/mol. The molecular weight excluding hydrogens is 306 g/mol. The molecule has 0 atom stereocenters. The summed E-state index contributed by atoms with van der Waals surface area (Å²) in [5.41, 5.74) is 2.29. The number of nitrogens with one attached hydrogen (secondary N) is 1. The molecule has 0 bridgehead atoms. The Morgan fingerprint density at radius 3 is 2.67 bits per heavy atom. The number of aromatic amines is 1. The van der Waals surface area contributed by atoms with Crippen LogP contribution in [0.3, 0.4) is 0 Å². The van der Waals surface area contributed by atoms with Crippen LogP contribution in [0.4, 0.5) is 0 Å². The number of unbranched alkanes of at least 4 members (excludes halogenated alkanes) is 1. The number of aromatic nitrogens is 3. The lowest BCUT2D eigenvalue weighted by atomic mass is 10.1. The van der Waals surface area contributed by atoms with Gasteiger partial charge in [-0.2, -0.15) is 0 Å². The van der Waals surface area contributed by atoms with Gasteiger partial charge in [-0.3, -0.25) is 4.79 Å². The van der Waals surface area contributed by atoms with E-state index in [1.54, 1.807) is 30.5 Å². The van der Waals surface area contributed by atoms with Gasteiger partial charge in [0.05, 0.1) is 11.1 Å². The number of benzene rings is 1. The van der Waals surface area contributed by atoms with Crippen LogP contribution < -0.4 is 5.56 Å². The predicted octanol–water partition coefficient (Wildman–Crippen LogP) is 2.81. The van der Waals surface area contributed by atoms with E-state index >= 15 is 0 Å². The first-order chi connectivity index (χ1) is 11.6. The van der Waals surface area contributed by atoms with Crippen LogP contribution in [0.5, 0.6) is 0 Å². The maximum absolute atomic E-state index is 12.0. The highest BCUT2D eigenvalue weighted by Crippen LogP contribution is 2.17. The van der Waals surface area contributed by atoms with Gasteiger partial charge >= 0.3 is 5.97 Å². The molecule has 24 heavy (non-hydrogen) atoms. The summed E-state index contributed by atoms with van der Waals surface area (Å²) in [6.07, 6.45) is 4.48. The summed E-state index contributed by atoms with van der Waals surface area (Å²) in [6, 6.07) is 8.63. The zero-order valence-electron chi connectivity index (χ0n) is 13.5. The molecule has 2 aromatic heterocycles. The molecule has 0 aliphatic carbocycles. The Bertz CT molecular complexity index is 923. The minimum absolute atomic E-state index is 0.190. The maximum Gasteiger partial charge on any atom is 0.335 e. The second-order valence-corrected chi connectivity index (χ2v) is 5.76. The Morgan fingerprint density at radius 1 is 1.25 bits per heavy atom. The van der Waals surface area contributed by atoms with E-state index in [1.807, 2.05) is 10.6 Å². The van der Waals surface area contributed by atoms with Gasteiger partial charge in [0.25, 0.3) is 5.56 Å². The summed E-state index contributed by atoms with van der Waals surface area (Å²) in [4.78, 5) is 30.1. The molecule has 0 unspecified atom stereocenters. The number of carboxylic acids is 1. The van der Waals surface area contributed by atoms with Crippen LogP contribution in [-0.4, -0.2) is 25.6 Å². The van der Waals surface area contributed by atoms with Gasteiger partial charge in [-0.05, 0) is 30.2 Å². The van der Waals surface area contributed by atoms with Gasteiger partial charge in [0.1, 0.15) is 5.82 Å². The number of nitrogens with zero attached hydrogens (tertiary/aromatic N) is 2. The normalized spacial score (nSPS) is 11.0. The average Bonchev–Trinajstić information content (AvgIpc) is 2.93. The molecule has 0 radical (unpaired) electrons. The van der Waals surface area contributed by atoms with Gasteiger partial charge in [0, 0.05) is 19.2 Å². The molecule has 0 fully saturated rings. The summed E-state index contributed by atoms with van der Waals surface area (Å²) in [6.45, 7) is 2.67. The van der Waals surface area contributed by atoms with Gasteiger partial charge in [0.15, 0.2) is 5.52 Å². The Morgan fingerprint density at radius 2 is 2.00 bits per heavy atom. The van der Waals surface area contributed by atoms with Gasteiger partial charge in [-0.25, -0.2) is 9.78 Å². The molecule has 0 spiro atoms. The minimum Gasteiger partial charge on any atom is -0.478 e. The third kappa shape index (κ3) is 3.08. The Balaban J connectivity index is 2.01. The van der Waals surface area contributed by atoms with Crippen molar-refractivity contribution in [2.45, 2.75) is 32.7 Å². The summed E-state index contributed by atoms with van der Waals surface area (Å²) in [5, 5.41) is 8.99. The summed E-state index contributed by atoms with van der Waals surface area (Å²) in [5.74, 6) is -0.0596. The van der Waals surface area contributed by atoms with E-state index in [0.717, 1.165) is 36.2 Å². The number of carbonyl (C=O) groups is 1. The molecule has 0 saturated carbocycles. The van der Waals surface area contributed by atoms with Gasteiger partial charge < -0.3 is 14.7 Å². The summed E-state index contributed by atoms with van der Waals surface area (Å²) >= 11 is 0. The van der Waals surface area contributed by atoms with Gasteiger partial charge in [-0.1, -0.05) is 25.5 Å².